The molecule has 80 valence electrons. The molecule has 0 radical (unpaired) electrons. The van der Waals surface area contributed by atoms with E-state index >= 15 is 0 Å². The van der Waals surface area contributed by atoms with Gasteiger partial charge in [0.2, 0.25) is 0 Å². The van der Waals surface area contributed by atoms with Crippen LogP contribution in [0.2, 0.25) is 0 Å². The van der Waals surface area contributed by atoms with E-state index < -0.39 is 11.9 Å². The fourth-order valence-electron chi connectivity index (χ4n) is 1.47. The smallest absolute Gasteiger partial charge is 0.414 e. The average molecular weight is 274 g/mol. The molecule has 0 aliphatic carbocycles. The van der Waals surface area contributed by atoms with Crippen LogP contribution >= 0.6 is 15.9 Å². The molecule has 0 aromatic heterocycles. The van der Waals surface area contributed by atoms with Crippen LogP contribution in [0.4, 0.5) is 14.9 Å². The lowest BCUT2D eigenvalue weighted by atomic mass is 10.2. The topological polar surface area (TPSA) is 29.5 Å². The van der Waals surface area contributed by atoms with Gasteiger partial charge >= 0.3 is 6.09 Å². The SMILES string of the molecule is O=C1OC(CBr)CN1c1ccccc1F. The Kier molecular flexibility index (Phi) is 2.90. The van der Waals surface area contributed by atoms with Gasteiger partial charge in [0.05, 0.1) is 12.2 Å². The molecule has 1 heterocycles. The van der Waals surface area contributed by atoms with Gasteiger partial charge < -0.3 is 4.74 Å². The Bertz CT molecular complexity index is 385. The molecular weight excluding hydrogens is 265 g/mol. The number of ether oxygens (including phenoxy) is 1. The van der Waals surface area contributed by atoms with E-state index in [0.717, 1.165) is 0 Å². The van der Waals surface area contributed by atoms with Crippen molar-refractivity contribution in [1.29, 1.82) is 0 Å². The van der Waals surface area contributed by atoms with E-state index in [0.29, 0.717) is 11.9 Å². The Morgan fingerprint density at radius 3 is 2.87 bits per heavy atom. The number of carbonyl (C=O) groups excluding carboxylic acids is 1. The van der Waals surface area contributed by atoms with Crippen molar-refractivity contribution < 1.29 is 13.9 Å². The molecule has 1 aliphatic rings. The first-order valence-electron chi connectivity index (χ1n) is 4.51. The van der Waals surface area contributed by atoms with Crippen LogP contribution in [0, 0.1) is 5.82 Å². The number of rotatable bonds is 2. The van der Waals surface area contributed by atoms with Gasteiger partial charge in [-0.15, -0.1) is 0 Å². The number of para-hydroxylation sites is 1. The van der Waals surface area contributed by atoms with Crippen molar-refractivity contribution in [3.8, 4) is 0 Å². The predicted molar refractivity (Wildman–Crippen MR) is 57.8 cm³/mol. The number of hydrogen-bond donors (Lipinski definition) is 0. The fraction of sp³-hybridized carbons (Fsp3) is 0.300. The summed E-state index contributed by atoms with van der Waals surface area (Å²) in [6, 6.07) is 6.16. The number of nitrogens with zero attached hydrogens (tertiary/aromatic N) is 1. The van der Waals surface area contributed by atoms with Crippen LogP contribution in [-0.4, -0.2) is 24.1 Å². The first kappa shape index (κ1) is 10.4. The van der Waals surface area contributed by atoms with Gasteiger partial charge in [0, 0.05) is 5.33 Å². The molecule has 1 fully saturated rings. The van der Waals surface area contributed by atoms with Gasteiger partial charge in [-0.1, -0.05) is 28.1 Å². The standard InChI is InChI=1S/C10H9BrFNO2/c11-5-7-6-13(10(14)15-7)9-4-2-1-3-8(9)12/h1-4,7H,5-6H2. The maximum atomic E-state index is 13.4. The average Bonchev–Trinajstić information content (AvgIpc) is 2.60. The first-order chi connectivity index (χ1) is 7.22. The van der Waals surface area contributed by atoms with Crippen LogP contribution in [-0.2, 0) is 4.74 Å². The highest BCUT2D eigenvalue weighted by atomic mass is 79.9. The van der Waals surface area contributed by atoms with Crippen molar-refractivity contribution in [2.75, 3.05) is 16.8 Å². The molecule has 5 heteroatoms. The summed E-state index contributed by atoms with van der Waals surface area (Å²) in [5, 5.41) is 0.559. The highest BCUT2D eigenvalue weighted by Gasteiger charge is 2.32. The van der Waals surface area contributed by atoms with Crippen molar-refractivity contribution in [2.24, 2.45) is 0 Å². The van der Waals surface area contributed by atoms with Crippen LogP contribution in [0.3, 0.4) is 0 Å². The Labute approximate surface area is 95.0 Å². The van der Waals surface area contributed by atoms with E-state index in [1.165, 1.54) is 11.0 Å². The summed E-state index contributed by atoms with van der Waals surface area (Å²) in [7, 11) is 0. The summed E-state index contributed by atoms with van der Waals surface area (Å²) in [6.07, 6.45) is -0.707. The van der Waals surface area contributed by atoms with Crippen molar-refractivity contribution in [2.45, 2.75) is 6.10 Å². The number of anilines is 1. The van der Waals surface area contributed by atoms with Crippen LogP contribution < -0.4 is 4.90 Å². The van der Waals surface area contributed by atoms with E-state index in [9.17, 15) is 9.18 Å². The summed E-state index contributed by atoms with van der Waals surface area (Å²) in [5.41, 5.74) is 0.269. The Hall–Kier alpha value is -1.10. The van der Waals surface area contributed by atoms with Crippen molar-refractivity contribution in [1.82, 2.24) is 0 Å². The quantitative estimate of drug-likeness (QED) is 0.776. The normalized spacial score (nSPS) is 20.5. The van der Waals surface area contributed by atoms with Crippen molar-refractivity contribution >= 4 is 27.7 Å². The molecule has 0 N–H and O–H groups in total. The molecule has 1 saturated heterocycles. The summed E-state index contributed by atoms with van der Waals surface area (Å²) in [4.78, 5) is 12.7. The number of halogens is 2. The maximum Gasteiger partial charge on any atom is 0.414 e. The van der Waals surface area contributed by atoms with E-state index in [-0.39, 0.29) is 11.8 Å². The molecule has 0 saturated carbocycles. The van der Waals surface area contributed by atoms with Gasteiger partial charge in [-0.25, -0.2) is 9.18 Å². The molecule has 2 rings (SSSR count). The van der Waals surface area contributed by atoms with Gasteiger partial charge in [-0.3, -0.25) is 4.90 Å². The second kappa shape index (κ2) is 4.18. The minimum atomic E-state index is -0.496. The zero-order chi connectivity index (χ0) is 10.8. The van der Waals surface area contributed by atoms with Crippen LogP contribution in [0.5, 0.6) is 0 Å². The van der Waals surface area contributed by atoms with E-state index in [4.69, 9.17) is 4.74 Å². The van der Waals surface area contributed by atoms with Gasteiger partial charge in [-0.05, 0) is 12.1 Å². The predicted octanol–water partition coefficient (Wildman–Crippen LogP) is 2.55. The van der Waals surface area contributed by atoms with E-state index in [2.05, 4.69) is 15.9 Å². The molecule has 1 amide bonds. The summed E-state index contributed by atoms with van der Waals surface area (Å²) >= 11 is 3.22. The highest BCUT2D eigenvalue weighted by Crippen LogP contribution is 2.24. The fourth-order valence-corrected chi connectivity index (χ4v) is 1.81. The summed E-state index contributed by atoms with van der Waals surface area (Å²) < 4.78 is 18.4. The van der Waals surface area contributed by atoms with Gasteiger partial charge in [-0.2, -0.15) is 0 Å². The zero-order valence-corrected chi connectivity index (χ0v) is 9.41. The van der Waals surface area contributed by atoms with Gasteiger partial charge in [0.1, 0.15) is 11.9 Å². The van der Waals surface area contributed by atoms with E-state index in [1.54, 1.807) is 18.2 Å². The molecule has 0 bridgehead atoms. The number of alkyl halides is 1. The summed E-state index contributed by atoms with van der Waals surface area (Å²) in [5.74, 6) is -0.412. The number of carbonyl (C=O) groups is 1. The van der Waals surface area contributed by atoms with Crippen LogP contribution in [0.25, 0.3) is 0 Å². The molecule has 3 nitrogen and oxygen atoms in total. The maximum absolute atomic E-state index is 13.4. The number of amides is 1. The minimum Gasteiger partial charge on any atom is -0.443 e. The molecule has 1 aromatic carbocycles. The molecule has 0 spiro atoms. The number of cyclic esters (lactones) is 1. The molecule has 1 unspecified atom stereocenters. The first-order valence-corrected chi connectivity index (χ1v) is 5.63. The monoisotopic (exact) mass is 273 g/mol. The third-order valence-corrected chi connectivity index (χ3v) is 2.91. The lowest BCUT2D eigenvalue weighted by molar-refractivity contribution is 0.152. The second-order valence-electron chi connectivity index (χ2n) is 3.22. The molecule has 15 heavy (non-hydrogen) atoms. The van der Waals surface area contributed by atoms with Crippen LogP contribution in [0.15, 0.2) is 24.3 Å². The third-order valence-electron chi connectivity index (χ3n) is 2.19. The van der Waals surface area contributed by atoms with E-state index in [1.807, 2.05) is 0 Å². The largest absolute Gasteiger partial charge is 0.443 e. The second-order valence-corrected chi connectivity index (χ2v) is 3.87. The summed E-state index contributed by atoms with van der Waals surface area (Å²) in [6.45, 7) is 0.380. The minimum absolute atomic E-state index is 0.211. The van der Waals surface area contributed by atoms with Crippen LogP contribution in [0.1, 0.15) is 0 Å². The van der Waals surface area contributed by atoms with Crippen molar-refractivity contribution in [3.63, 3.8) is 0 Å². The Morgan fingerprint density at radius 2 is 2.27 bits per heavy atom. The Balaban J connectivity index is 2.25. The molecular formula is C10H9BrFNO2. The lowest BCUT2D eigenvalue weighted by Gasteiger charge is -2.12. The molecule has 1 aliphatic heterocycles. The Morgan fingerprint density at radius 1 is 1.53 bits per heavy atom. The lowest BCUT2D eigenvalue weighted by Crippen LogP contribution is -2.25. The molecule has 1 atom stereocenters. The molecule has 1 aromatic rings. The number of hydrogen-bond acceptors (Lipinski definition) is 2. The zero-order valence-electron chi connectivity index (χ0n) is 7.82. The van der Waals surface area contributed by atoms with Gasteiger partial charge in [0.25, 0.3) is 0 Å². The van der Waals surface area contributed by atoms with Crippen molar-refractivity contribution in [3.05, 3.63) is 30.1 Å². The van der Waals surface area contributed by atoms with Gasteiger partial charge in [0.15, 0.2) is 0 Å². The number of benzene rings is 1. The highest BCUT2D eigenvalue weighted by molar-refractivity contribution is 9.09. The third kappa shape index (κ3) is 1.97.